The molecule has 1 unspecified atom stereocenters. The number of ether oxygens (including phenoxy) is 1. The third-order valence-corrected chi connectivity index (χ3v) is 3.34. The van der Waals surface area contributed by atoms with Crippen LogP contribution in [-0.4, -0.2) is 41.9 Å². The van der Waals surface area contributed by atoms with Crippen LogP contribution in [0.3, 0.4) is 0 Å². The molecule has 1 aliphatic heterocycles. The van der Waals surface area contributed by atoms with Crippen LogP contribution in [0.15, 0.2) is 12.1 Å². The average Bonchev–Trinajstić information content (AvgIpc) is 2.88. The van der Waals surface area contributed by atoms with Gasteiger partial charge < -0.3 is 14.7 Å². The maximum Gasteiger partial charge on any atom is 0.335 e. The van der Waals surface area contributed by atoms with Gasteiger partial charge in [-0.3, -0.25) is 0 Å². The zero-order valence-corrected chi connectivity index (χ0v) is 11.4. The molecule has 0 saturated carbocycles. The highest BCUT2D eigenvalue weighted by atomic mass is 16.5. The summed E-state index contributed by atoms with van der Waals surface area (Å²) in [5, 5.41) is 9.10. The predicted octanol–water partition coefficient (Wildman–Crippen LogP) is 2.09. The molecule has 1 aromatic rings. The van der Waals surface area contributed by atoms with Crippen LogP contribution in [0.2, 0.25) is 0 Å². The lowest BCUT2D eigenvalue weighted by Crippen LogP contribution is -2.32. The molecule has 0 aliphatic carbocycles. The highest BCUT2D eigenvalue weighted by molar-refractivity contribution is 5.88. The molecule has 1 aromatic heterocycles. The van der Waals surface area contributed by atoms with Crippen LogP contribution in [0.1, 0.15) is 35.8 Å². The first-order valence-corrected chi connectivity index (χ1v) is 6.68. The number of hydrogen-bond acceptors (Lipinski definition) is 4. The molecule has 5 nitrogen and oxygen atoms in total. The Morgan fingerprint density at radius 3 is 2.95 bits per heavy atom. The number of anilines is 1. The van der Waals surface area contributed by atoms with Gasteiger partial charge in [0.2, 0.25) is 0 Å². The molecule has 0 bridgehead atoms. The minimum atomic E-state index is -0.917. The van der Waals surface area contributed by atoms with E-state index in [-0.39, 0.29) is 11.7 Å². The van der Waals surface area contributed by atoms with Gasteiger partial charge in [-0.05, 0) is 38.8 Å². The summed E-state index contributed by atoms with van der Waals surface area (Å²) in [6, 6.07) is 3.22. The van der Waals surface area contributed by atoms with E-state index in [4.69, 9.17) is 9.84 Å². The zero-order valence-electron chi connectivity index (χ0n) is 11.4. The molecule has 2 rings (SSSR count). The van der Waals surface area contributed by atoms with Gasteiger partial charge in [-0.1, -0.05) is 0 Å². The first kappa shape index (κ1) is 13.8. The molecule has 0 aromatic carbocycles. The standard InChI is InChI=1S/C14H20N2O3/c1-3-16(9-12-5-4-6-19-12)13-8-11(14(17)18)7-10(2)15-13/h7-8,12H,3-6,9H2,1-2H3,(H,17,18). The van der Waals surface area contributed by atoms with Crippen molar-refractivity contribution in [1.29, 1.82) is 0 Å². The Hall–Kier alpha value is -1.62. The maximum atomic E-state index is 11.1. The second kappa shape index (κ2) is 6.02. The van der Waals surface area contributed by atoms with Crippen LogP contribution < -0.4 is 4.90 Å². The lowest BCUT2D eigenvalue weighted by Gasteiger charge is -2.25. The van der Waals surface area contributed by atoms with Gasteiger partial charge in [0.1, 0.15) is 5.82 Å². The molecule has 2 heterocycles. The topological polar surface area (TPSA) is 62.7 Å². The molecule has 5 heteroatoms. The maximum absolute atomic E-state index is 11.1. The molecule has 1 aliphatic rings. The summed E-state index contributed by atoms with van der Waals surface area (Å²) >= 11 is 0. The third-order valence-electron chi connectivity index (χ3n) is 3.34. The number of hydrogen-bond donors (Lipinski definition) is 1. The van der Waals surface area contributed by atoms with Crippen LogP contribution in [0.4, 0.5) is 5.82 Å². The highest BCUT2D eigenvalue weighted by Gasteiger charge is 2.20. The van der Waals surface area contributed by atoms with Crippen molar-refractivity contribution in [2.24, 2.45) is 0 Å². The molecule has 104 valence electrons. The molecular weight excluding hydrogens is 244 g/mol. The number of carboxylic acids is 1. The van der Waals surface area contributed by atoms with Crippen molar-refractivity contribution in [3.05, 3.63) is 23.4 Å². The molecule has 1 N–H and O–H groups in total. The fraction of sp³-hybridized carbons (Fsp3) is 0.571. The summed E-state index contributed by atoms with van der Waals surface area (Å²) in [4.78, 5) is 17.6. The molecule has 0 amide bonds. The number of aromatic carboxylic acids is 1. The SMILES string of the molecule is CCN(CC1CCCO1)c1cc(C(=O)O)cc(C)n1. The Labute approximate surface area is 113 Å². The summed E-state index contributed by atoms with van der Waals surface area (Å²) < 4.78 is 5.63. The van der Waals surface area contributed by atoms with Gasteiger partial charge in [-0.15, -0.1) is 0 Å². The molecule has 1 saturated heterocycles. The van der Waals surface area contributed by atoms with E-state index in [1.807, 2.05) is 13.8 Å². The van der Waals surface area contributed by atoms with Crippen LogP contribution in [-0.2, 0) is 4.74 Å². The Morgan fingerprint density at radius 2 is 2.37 bits per heavy atom. The minimum absolute atomic E-state index is 0.232. The number of rotatable bonds is 5. The fourth-order valence-electron chi connectivity index (χ4n) is 2.36. The molecule has 1 atom stereocenters. The van der Waals surface area contributed by atoms with Crippen molar-refractivity contribution in [2.45, 2.75) is 32.8 Å². The Balaban J connectivity index is 2.19. The quantitative estimate of drug-likeness (QED) is 0.882. The number of nitrogens with zero attached hydrogens (tertiary/aromatic N) is 2. The van der Waals surface area contributed by atoms with Crippen molar-refractivity contribution in [2.75, 3.05) is 24.6 Å². The first-order chi connectivity index (χ1) is 9.10. The molecule has 1 fully saturated rings. The summed E-state index contributed by atoms with van der Waals surface area (Å²) in [5.41, 5.74) is 1.01. The summed E-state index contributed by atoms with van der Waals surface area (Å²) in [6.07, 6.45) is 2.40. The van der Waals surface area contributed by atoms with E-state index in [0.29, 0.717) is 0 Å². The molecule has 0 spiro atoms. The number of carbonyl (C=O) groups is 1. The zero-order chi connectivity index (χ0) is 13.8. The van der Waals surface area contributed by atoms with Gasteiger partial charge >= 0.3 is 5.97 Å². The van der Waals surface area contributed by atoms with E-state index < -0.39 is 5.97 Å². The predicted molar refractivity (Wildman–Crippen MR) is 72.8 cm³/mol. The van der Waals surface area contributed by atoms with Crippen molar-refractivity contribution in [3.8, 4) is 0 Å². The fourth-order valence-corrected chi connectivity index (χ4v) is 2.36. The van der Waals surface area contributed by atoms with Crippen LogP contribution >= 0.6 is 0 Å². The van der Waals surface area contributed by atoms with Crippen LogP contribution in [0, 0.1) is 6.92 Å². The van der Waals surface area contributed by atoms with Gasteiger partial charge in [0.15, 0.2) is 0 Å². The lowest BCUT2D eigenvalue weighted by atomic mass is 10.2. The second-order valence-electron chi connectivity index (χ2n) is 4.83. The first-order valence-electron chi connectivity index (χ1n) is 6.68. The highest BCUT2D eigenvalue weighted by Crippen LogP contribution is 2.19. The van der Waals surface area contributed by atoms with Crippen molar-refractivity contribution >= 4 is 11.8 Å². The summed E-state index contributed by atoms with van der Waals surface area (Å²) in [7, 11) is 0. The largest absolute Gasteiger partial charge is 0.478 e. The molecule has 0 radical (unpaired) electrons. The number of aryl methyl sites for hydroxylation is 1. The van der Waals surface area contributed by atoms with Crippen LogP contribution in [0.25, 0.3) is 0 Å². The summed E-state index contributed by atoms with van der Waals surface area (Å²) in [6.45, 7) is 6.24. The Morgan fingerprint density at radius 1 is 1.58 bits per heavy atom. The number of pyridine rings is 1. The van der Waals surface area contributed by atoms with Crippen molar-refractivity contribution in [1.82, 2.24) is 4.98 Å². The Bertz CT molecular complexity index is 456. The summed E-state index contributed by atoms with van der Waals surface area (Å²) in [5.74, 6) is -0.199. The van der Waals surface area contributed by atoms with Crippen molar-refractivity contribution in [3.63, 3.8) is 0 Å². The van der Waals surface area contributed by atoms with E-state index in [1.165, 1.54) is 0 Å². The molecular formula is C14H20N2O3. The smallest absolute Gasteiger partial charge is 0.335 e. The van der Waals surface area contributed by atoms with E-state index in [9.17, 15) is 4.79 Å². The van der Waals surface area contributed by atoms with E-state index in [2.05, 4.69) is 9.88 Å². The van der Waals surface area contributed by atoms with Crippen molar-refractivity contribution < 1.29 is 14.6 Å². The minimum Gasteiger partial charge on any atom is -0.478 e. The number of carboxylic acid groups (broad SMARTS) is 1. The van der Waals surface area contributed by atoms with Gasteiger partial charge in [-0.25, -0.2) is 9.78 Å². The third kappa shape index (κ3) is 3.44. The van der Waals surface area contributed by atoms with Gasteiger partial charge in [0, 0.05) is 25.4 Å². The molecule has 19 heavy (non-hydrogen) atoms. The van der Waals surface area contributed by atoms with E-state index >= 15 is 0 Å². The monoisotopic (exact) mass is 264 g/mol. The average molecular weight is 264 g/mol. The normalized spacial score (nSPS) is 18.5. The van der Waals surface area contributed by atoms with E-state index in [1.54, 1.807) is 12.1 Å². The van der Waals surface area contributed by atoms with Gasteiger partial charge in [0.05, 0.1) is 11.7 Å². The van der Waals surface area contributed by atoms with E-state index in [0.717, 1.165) is 44.0 Å². The second-order valence-corrected chi connectivity index (χ2v) is 4.83. The Kier molecular flexibility index (Phi) is 4.37. The van der Waals surface area contributed by atoms with Gasteiger partial charge in [0.25, 0.3) is 0 Å². The number of likely N-dealkylation sites (N-methyl/N-ethyl adjacent to an activating group) is 1. The number of aromatic nitrogens is 1. The van der Waals surface area contributed by atoms with Gasteiger partial charge in [-0.2, -0.15) is 0 Å². The lowest BCUT2D eigenvalue weighted by molar-refractivity contribution is 0.0696. The van der Waals surface area contributed by atoms with Crippen LogP contribution in [0.5, 0.6) is 0 Å².